The third-order valence-corrected chi connectivity index (χ3v) is 1.69. The van der Waals surface area contributed by atoms with Crippen molar-refractivity contribution in [3.8, 4) is 0 Å². The standard InChI is InChI=1S/C7H17NOS/c1-8(4-3-7-10)5-6-9-2/h10H,3-7H2,1-2H3. The van der Waals surface area contributed by atoms with Crippen molar-refractivity contribution in [2.75, 3.05) is 39.6 Å². The van der Waals surface area contributed by atoms with Gasteiger partial charge >= 0.3 is 0 Å². The van der Waals surface area contributed by atoms with E-state index in [1.54, 1.807) is 7.11 Å². The number of hydrogen-bond acceptors (Lipinski definition) is 3. The van der Waals surface area contributed by atoms with E-state index in [9.17, 15) is 0 Å². The lowest BCUT2D eigenvalue weighted by Gasteiger charge is -2.14. The van der Waals surface area contributed by atoms with Gasteiger partial charge in [0.2, 0.25) is 0 Å². The fourth-order valence-corrected chi connectivity index (χ4v) is 0.841. The number of nitrogens with zero attached hydrogens (tertiary/aromatic N) is 1. The minimum atomic E-state index is 0.822. The summed E-state index contributed by atoms with van der Waals surface area (Å²) in [7, 11) is 3.83. The zero-order valence-electron chi connectivity index (χ0n) is 6.84. The van der Waals surface area contributed by atoms with Crippen LogP contribution in [0, 0.1) is 0 Å². The van der Waals surface area contributed by atoms with E-state index in [-0.39, 0.29) is 0 Å². The van der Waals surface area contributed by atoms with Crippen LogP contribution in [0.5, 0.6) is 0 Å². The lowest BCUT2D eigenvalue weighted by atomic mass is 10.4. The Labute approximate surface area is 69.0 Å². The molecule has 0 aliphatic rings. The van der Waals surface area contributed by atoms with E-state index in [2.05, 4.69) is 24.6 Å². The van der Waals surface area contributed by atoms with E-state index in [1.165, 1.54) is 0 Å². The number of ether oxygens (including phenoxy) is 1. The fourth-order valence-electron chi connectivity index (χ4n) is 0.700. The largest absolute Gasteiger partial charge is 0.383 e. The Kier molecular flexibility index (Phi) is 7.58. The van der Waals surface area contributed by atoms with E-state index in [4.69, 9.17) is 4.74 Å². The molecule has 0 spiro atoms. The summed E-state index contributed by atoms with van der Waals surface area (Å²) >= 11 is 4.13. The summed E-state index contributed by atoms with van der Waals surface area (Å²) in [5, 5.41) is 0. The van der Waals surface area contributed by atoms with Gasteiger partial charge in [0.15, 0.2) is 0 Å². The molecule has 0 heterocycles. The highest BCUT2D eigenvalue weighted by atomic mass is 32.1. The summed E-state index contributed by atoms with van der Waals surface area (Å²) in [6, 6.07) is 0. The molecule has 0 aliphatic carbocycles. The lowest BCUT2D eigenvalue weighted by Crippen LogP contribution is -2.24. The zero-order chi connectivity index (χ0) is 7.82. The second kappa shape index (κ2) is 7.38. The van der Waals surface area contributed by atoms with Crippen molar-refractivity contribution >= 4 is 12.6 Å². The van der Waals surface area contributed by atoms with Crippen LogP contribution >= 0.6 is 12.6 Å². The van der Waals surface area contributed by atoms with Gasteiger partial charge in [-0.05, 0) is 25.8 Å². The summed E-state index contributed by atoms with van der Waals surface area (Å²) in [5.41, 5.74) is 0. The van der Waals surface area contributed by atoms with Gasteiger partial charge in [0.1, 0.15) is 0 Å². The van der Waals surface area contributed by atoms with Crippen molar-refractivity contribution in [3.05, 3.63) is 0 Å². The first kappa shape index (κ1) is 10.3. The Morgan fingerprint density at radius 3 is 2.60 bits per heavy atom. The van der Waals surface area contributed by atoms with Crippen molar-refractivity contribution in [1.29, 1.82) is 0 Å². The molecule has 0 aromatic heterocycles. The van der Waals surface area contributed by atoms with Crippen LogP contribution < -0.4 is 0 Å². The SMILES string of the molecule is COCCN(C)CCCS. The second-order valence-electron chi connectivity index (χ2n) is 2.37. The van der Waals surface area contributed by atoms with E-state index >= 15 is 0 Å². The Morgan fingerprint density at radius 2 is 2.10 bits per heavy atom. The van der Waals surface area contributed by atoms with Crippen molar-refractivity contribution in [2.45, 2.75) is 6.42 Å². The molecule has 0 rings (SSSR count). The maximum absolute atomic E-state index is 4.93. The van der Waals surface area contributed by atoms with Gasteiger partial charge in [-0.1, -0.05) is 0 Å². The number of likely N-dealkylation sites (N-methyl/N-ethyl adjacent to an activating group) is 1. The van der Waals surface area contributed by atoms with Gasteiger partial charge in [-0.2, -0.15) is 12.6 Å². The fraction of sp³-hybridized carbons (Fsp3) is 1.00. The van der Waals surface area contributed by atoms with Crippen molar-refractivity contribution in [1.82, 2.24) is 4.90 Å². The highest BCUT2D eigenvalue weighted by Crippen LogP contribution is 1.88. The van der Waals surface area contributed by atoms with Crippen LogP contribution in [0.15, 0.2) is 0 Å². The Balaban J connectivity index is 3.00. The van der Waals surface area contributed by atoms with Gasteiger partial charge in [0, 0.05) is 13.7 Å². The monoisotopic (exact) mass is 163 g/mol. The molecule has 62 valence electrons. The third-order valence-electron chi connectivity index (χ3n) is 1.38. The van der Waals surface area contributed by atoms with E-state index in [0.717, 1.165) is 31.9 Å². The minimum absolute atomic E-state index is 0.822. The molecule has 0 atom stereocenters. The highest BCUT2D eigenvalue weighted by molar-refractivity contribution is 7.80. The number of hydrogen-bond donors (Lipinski definition) is 1. The molecule has 0 N–H and O–H groups in total. The molecular formula is C7H17NOS. The first-order valence-electron chi connectivity index (χ1n) is 3.59. The van der Waals surface area contributed by atoms with Crippen LogP contribution in [0.25, 0.3) is 0 Å². The normalized spacial score (nSPS) is 10.8. The Hall–Kier alpha value is 0.270. The quantitative estimate of drug-likeness (QED) is 0.584. The van der Waals surface area contributed by atoms with Gasteiger partial charge in [0.25, 0.3) is 0 Å². The molecular weight excluding hydrogens is 146 g/mol. The second-order valence-corrected chi connectivity index (χ2v) is 2.82. The smallest absolute Gasteiger partial charge is 0.0589 e. The maximum Gasteiger partial charge on any atom is 0.0589 e. The van der Waals surface area contributed by atoms with Crippen molar-refractivity contribution in [2.24, 2.45) is 0 Å². The molecule has 0 saturated heterocycles. The van der Waals surface area contributed by atoms with Crippen LogP contribution in [0.3, 0.4) is 0 Å². The molecule has 0 aliphatic heterocycles. The van der Waals surface area contributed by atoms with Gasteiger partial charge in [-0.3, -0.25) is 0 Å². The first-order chi connectivity index (χ1) is 4.81. The van der Waals surface area contributed by atoms with Crippen LogP contribution in [0.1, 0.15) is 6.42 Å². The van der Waals surface area contributed by atoms with Gasteiger partial charge < -0.3 is 9.64 Å². The number of methoxy groups -OCH3 is 1. The molecule has 0 bridgehead atoms. The van der Waals surface area contributed by atoms with Crippen LogP contribution in [-0.4, -0.2) is 44.5 Å². The summed E-state index contributed by atoms with van der Waals surface area (Å²) < 4.78 is 4.93. The molecule has 0 fully saturated rings. The summed E-state index contributed by atoms with van der Waals surface area (Å²) in [6.07, 6.45) is 1.16. The average molecular weight is 163 g/mol. The first-order valence-corrected chi connectivity index (χ1v) is 4.23. The van der Waals surface area contributed by atoms with Crippen LogP contribution in [0.2, 0.25) is 0 Å². The van der Waals surface area contributed by atoms with Crippen molar-refractivity contribution in [3.63, 3.8) is 0 Å². The lowest BCUT2D eigenvalue weighted by molar-refractivity contribution is 0.161. The van der Waals surface area contributed by atoms with Gasteiger partial charge in [-0.15, -0.1) is 0 Å². The molecule has 0 radical (unpaired) electrons. The summed E-state index contributed by atoms with van der Waals surface area (Å²) in [5.74, 6) is 0.970. The molecule has 0 amide bonds. The summed E-state index contributed by atoms with van der Waals surface area (Å²) in [4.78, 5) is 2.25. The number of thiol groups is 1. The van der Waals surface area contributed by atoms with Gasteiger partial charge in [0.05, 0.1) is 6.61 Å². The molecule has 0 aromatic rings. The minimum Gasteiger partial charge on any atom is -0.383 e. The molecule has 3 heteroatoms. The van der Waals surface area contributed by atoms with Crippen LogP contribution in [-0.2, 0) is 4.74 Å². The molecule has 10 heavy (non-hydrogen) atoms. The van der Waals surface area contributed by atoms with Crippen LogP contribution in [0.4, 0.5) is 0 Å². The number of rotatable bonds is 6. The molecule has 2 nitrogen and oxygen atoms in total. The Morgan fingerprint density at radius 1 is 1.40 bits per heavy atom. The predicted octanol–water partition coefficient (Wildman–Crippen LogP) is 0.884. The molecule has 0 aromatic carbocycles. The Bertz CT molecular complexity index is 62.6. The van der Waals surface area contributed by atoms with Crippen molar-refractivity contribution < 1.29 is 4.74 Å². The third kappa shape index (κ3) is 6.39. The zero-order valence-corrected chi connectivity index (χ0v) is 7.73. The summed E-state index contributed by atoms with van der Waals surface area (Å²) in [6.45, 7) is 2.96. The predicted molar refractivity (Wildman–Crippen MR) is 47.8 cm³/mol. The van der Waals surface area contributed by atoms with E-state index < -0.39 is 0 Å². The molecule has 0 saturated carbocycles. The average Bonchev–Trinajstić information content (AvgIpc) is 1.97. The molecule has 0 unspecified atom stereocenters. The topological polar surface area (TPSA) is 12.5 Å². The van der Waals surface area contributed by atoms with E-state index in [1.807, 2.05) is 0 Å². The van der Waals surface area contributed by atoms with Gasteiger partial charge in [-0.25, -0.2) is 0 Å². The van der Waals surface area contributed by atoms with E-state index in [0.29, 0.717) is 0 Å². The maximum atomic E-state index is 4.93. The highest BCUT2D eigenvalue weighted by Gasteiger charge is 1.94.